The molecule has 19 heavy (non-hydrogen) atoms. The molecule has 1 rings (SSSR count). The Morgan fingerprint density at radius 2 is 2.32 bits per heavy atom. The fraction of sp³-hybridized carbons (Fsp3) is 0.643. The molecule has 0 spiro atoms. The first kappa shape index (κ1) is 16.1. The Bertz CT molecular complexity index is 375. The first-order chi connectivity index (χ1) is 9.24. The topological polar surface area (TPSA) is 62.3 Å². The van der Waals surface area contributed by atoms with Crippen molar-refractivity contribution in [3.8, 4) is 6.07 Å². The molecule has 2 unspecified atom stereocenters. The number of hydrogen-bond donors (Lipinski definition) is 1. The van der Waals surface area contributed by atoms with Gasteiger partial charge in [-0.05, 0) is 17.9 Å². The number of ether oxygens (including phenoxy) is 1. The second-order valence-corrected chi connectivity index (χ2v) is 5.45. The van der Waals surface area contributed by atoms with Crippen molar-refractivity contribution in [2.24, 2.45) is 5.73 Å². The van der Waals surface area contributed by atoms with Crippen LogP contribution in [0.2, 0.25) is 0 Å². The van der Waals surface area contributed by atoms with Gasteiger partial charge in [-0.1, -0.05) is 13.0 Å². The molecule has 0 aliphatic carbocycles. The van der Waals surface area contributed by atoms with Crippen LogP contribution >= 0.6 is 11.3 Å². The minimum Gasteiger partial charge on any atom is -0.383 e. The van der Waals surface area contributed by atoms with Crippen molar-refractivity contribution < 1.29 is 4.74 Å². The molecule has 0 saturated carbocycles. The molecule has 0 aliphatic rings. The van der Waals surface area contributed by atoms with Crippen LogP contribution < -0.4 is 5.73 Å². The lowest BCUT2D eigenvalue weighted by atomic mass is 10.0. The van der Waals surface area contributed by atoms with Crippen LogP contribution in [0.4, 0.5) is 0 Å². The Kier molecular flexibility index (Phi) is 7.68. The molecule has 5 heteroatoms. The number of thiophene rings is 1. The fourth-order valence-electron chi connectivity index (χ4n) is 2.14. The van der Waals surface area contributed by atoms with E-state index < -0.39 is 0 Å². The third-order valence-electron chi connectivity index (χ3n) is 3.20. The molecule has 0 fully saturated rings. The molecule has 0 aliphatic heterocycles. The van der Waals surface area contributed by atoms with Gasteiger partial charge in [0.05, 0.1) is 18.7 Å². The summed E-state index contributed by atoms with van der Waals surface area (Å²) in [4.78, 5) is 3.54. The zero-order valence-corrected chi connectivity index (χ0v) is 12.5. The van der Waals surface area contributed by atoms with Crippen LogP contribution in [0.3, 0.4) is 0 Å². The lowest BCUT2D eigenvalue weighted by Crippen LogP contribution is -2.42. The number of methoxy groups -OCH3 is 1. The summed E-state index contributed by atoms with van der Waals surface area (Å²) in [6, 6.07) is 6.64. The first-order valence-electron chi connectivity index (χ1n) is 6.63. The van der Waals surface area contributed by atoms with Gasteiger partial charge in [0, 0.05) is 37.5 Å². The maximum Gasteiger partial charge on any atom is 0.0635 e. The van der Waals surface area contributed by atoms with E-state index in [0.717, 1.165) is 19.5 Å². The predicted octanol–water partition coefficient (Wildman–Crippen LogP) is 2.39. The Morgan fingerprint density at radius 1 is 1.53 bits per heavy atom. The van der Waals surface area contributed by atoms with Gasteiger partial charge in [0.25, 0.3) is 0 Å². The van der Waals surface area contributed by atoms with E-state index in [-0.39, 0.29) is 12.1 Å². The second kappa shape index (κ2) is 9.05. The molecule has 0 saturated heterocycles. The smallest absolute Gasteiger partial charge is 0.0635 e. The van der Waals surface area contributed by atoms with E-state index in [1.54, 1.807) is 18.4 Å². The van der Waals surface area contributed by atoms with Crippen molar-refractivity contribution in [1.82, 2.24) is 4.90 Å². The molecule has 2 atom stereocenters. The van der Waals surface area contributed by atoms with Gasteiger partial charge >= 0.3 is 0 Å². The van der Waals surface area contributed by atoms with E-state index in [0.29, 0.717) is 13.0 Å². The van der Waals surface area contributed by atoms with Gasteiger partial charge in [-0.15, -0.1) is 11.3 Å². The SMILES string of the molecule is CCC(N)C(c1cccs1)N(CCC#N)CCOC. The van der Waals surface area contributed by atoms with Gasteiger partial charge < -0.3 is 10.5 Å². The average Bonchev–Trinajstić information content (AvgIpc) is 2.94. The van der Waals surface area contributed by atoms with Gasteiger partial charge in [-0.2, -0.15) is 5.26 Å². The standard InChI is InChI=1S/C14H23N3OS/c1-3-12(16)14(13-6-4-11-19-13)17(8-5-7-15)9-10-18-2/h4,6,11-12,14H,3,5,8-10,16H2,1-2H3. The Hall–Kier alpha value is -0.930. The predicted molar refractivity (Wildman–Crippen MR) is 79.0 cm³/mol. The highest BCUT2D eigenvalue weighted by atomic mass is 32.1. The van der Waals surface area contributed by atoms with Crippen molar-refractivity contribution >= 4 is 11.3 Å². The maximum absolute atomic E-state index is 8.81. The van der Waals surface area contributed by atoms with Crippen molar-refractivity contribution in [2.75, 3.05) is 26.8 Å². The number of nitriles is 1. The van der Waals surface area contributed by atoms with E-state index in [1.165, 1.54) is 4.88 Å². The third-order valence-corrected chi connectivity index (χ3v) is 4.14. The van der Waals surface area contributed by atoms with Crippen LogP contribution in [0.15, 0.2) is 17.5 Å². The Labute approximate surface area is 119 Å². The highest BCUT2D eigenvalue weighted by molar-refractivity contribution is 7.10. The first-order valence-corrected chi connectivity index (χ1v) is 7.51. The summed E-state index contributed by atoms with van der Waals surface area (Å²) in [5, 5.41) is 10.9. The molecule has 0 bridgehead atoms. The highest BCUT2D eigenvalue weighted by Crippen LogP contribution is 2.28. The average molecular weight is 281 g/mol. The molecule has 1 heterocycles. The lowest BCUT2D eigenvalue weighted by Gasteiger charge is -2.34. The normalized spacial score (nSPS) is 14.3. The monoisotopic (exact) mass is 281 g/mol. The van der Waals surface area contributed by atoms with E-state index in [9.17, 15) is 0 Å². The molecule has 0 amide bonds. The van der Waals surface area contributed by atoms with E-state index in [1.807, 2.05) is 6.07 Å². The molecule has 1 aromatic rings. The van der Waals surface area contributed by atoms with Gasteiger partial charge in [0.2, 0.25) is 0 Å². The third kappa shape index (κ3) is 4.92. The molecule has 2 N–H and O–H groups in total. The van der Waals surface area contributed by atoms with Gasteiger partial charge in [-0.3, -0.25) is 4.90 Å². The van der Waals surface area contributed by atoms with Crippen LogP contribution in [0, 0.1) is 11.3 Å². The van der Waals surface area contributed by atoms with Crippen LogP contribution in [-0.2, 0) is 4.74 Å². The van der Waals surface area contributed by atoms with Gasteiger partial charge in [-0.25, -0.2) is 0 Å². The minimum absolute atomic E-state index is 0.0780. The molecule has 4 nitrogen and oxygen atoms in total. The summed E-state index contributed by atoms with van der Waals surface area (Å²) in [5.74, 6) is 0. The minimum atomic E-state index is 0.0780. The number of nitrogens with zero attached hydrogens (tertiary/aromatic N) is 2. The summed E-state index contributed by atoms with van der Waals surface area (Å²) < 4.78 is 5.17. The van der Waals surface area contributed by atoms with Crippen molar-refractivity contribution in [1.29, 1.82) is 5.26 Å². The molecular formula is C14H23N3OS. The van der Waals surface area contributed by atoms with Crippen molar-refractivity contribution in [3.63, 3.8) is 0 Å². The van der Waals surface area contributed by atoms with E-state index in [2.05, 4.69) is 29.3 Å². The highest BCUT2D eigenvalue weighted by Gasteiger charge is 2.26. The molecular weight excluding hydrogens is 258 g/mol. The molecule has 106 valence electrons. The van der Waals surface area contributed by atoms with Gasteiger partial charge in [0.15, 0.2) is 0 Å². The van der Waals surface area contributed by atoms with Crippen LogP contribution in [0.1, 0.15) is 30.7 Å². The zero-order valence-electron chi connectivity index (χ0n) is 11.7. The fourth-order valence-corrected chi connectivity index (χ4v) is 3.07. The molecule has 1 aromatic heterocycles. The van der Waals surface area contributed by atoms with E-state index >= 15 is 0 Å². The Morgan fingerprint density at radius 3 is 2.84 bits per heavy atom. The second-order valence-electron chi connectivity index (χ2n) is 4.47. The van der Waals surface area contributed by atoms with Crippen molar-refractivity contribution in [3.05, 3.63) is 22.4 Å². The summed E-state index contributed by atoms with van der Waals surface area (Å²) in [5.41, 5.74) is 6.29. The zero-order chi connectivity index (χ0) is 14.1. The maximum atomic E-state index is 8.81. The van der Waals surface area contributed by atoms with Gasteiger partial charge in [0.1, 0.15) is 0 Å². The molecule has 0 radical (unpaired) electrons. The largest absolute Gasteiger partial charge is 0.383 e. The lowest BCUT2D eigenvalue weighted by molar-refractivity contribution is 0.110. The summed E-state index contributed by atoms with van der Waals surface area (Å²) >= 11 is 1.72. The summed E-state index contributed by atoms with van der Waals surface area (Å²) in [6.45, 7) is 4.29. The Balaban J connectivity index is 2.86. The van der Waals surface area contributed by atoms with Crippen molar-refractivity contribution in [2.45, 2.75) is 31.8 Å². The summed E-state index contributed by atoms with van der Waals surface area (Å²) in [7, 11) is 1.70. The number of nitrogens with two attached hydrogens (primary N) is 1. The van der Waals surface area contributed by atoms with Crippen LogP contribution in [0.5, 0.6) is 0 Å². The molecule has 0 aromatic carbocycles. The van der Waals surface area contributed by atoms with E-state index in [4.69, 9.17) is 15.7 Å². The number of rotatable bonds is 9. The summed E-state index contributed by atoms with van der Waals surface area (Å²) in [6.07, 6.45) is 1.43. The van der Waals surface area contributed by atoms with Crippen LogP contribution in [-0.4, -0.2) is 37.7 Å². The quantitative estimate of drug-likeness (QED) is 0.755. The van der Waals surface area contributed by atoms with Crippen LogP contribution in [0.25, 0.3) is 0 Å². The number of hydrogen-bond acceptors (Lipinski definition) is 5.